The Morgan fingerprint density at radius 3 is 2.60 bits per heavy atom. The molecule has 0 radical (unpaired) electrons. The fraction of sp³-hybridized carbons (Fsp3) is 0.562. The third kappa shape index (κ3) is 3.97. The molecule has 2 N–H and O–H groups in total. The van der Waals surface area contributed by atoms with E-state index in [2.05, 4.69) is 20.8 Å². The molecular formula is C16H22F2N6O. The van der Waals surface area contributed by atoms with Crippen molar-refractivity contribution in [2.24, 2.45) is 7.05 Å². The summed E-state index contributed by atoms with van der Waals surface area (Å²) in [5.41, 5.74) is 0.363. The molecule has 25 heavy (non-hydrogen) atoms. The van der Waals surface area contributed by atoms with Gasteiger partial charge in [0.2, 0.25) is 0 Å². The van der Waals surface area contributed by atoms with Crippen LogP contribution in [-0.2, 0) is 7.05 Å². The van der Waals surface area contributed by atoms with Gasteiger partial charge in [0.15, 0.2) is 11.5 Å². The largest absolute Gasteiger partial charge is 0.325 e. The monoisotopic (exact) mass is 352 g/mol. The number of rotatable bonds is 4. The predicted octanol–water partition coefficient (Wildman–Crippen LogP) is 4.01. The highest BCUT2D eigenvalue weighted by Crippen LogP contribution is 2.29. The molecule has 0 spiro atoms. The number of carbonyl (C=O) groups excluding carboxylic acids is 1. The summed E-state index contributed by atoms with van der Waals surface area (Å²) in [5, 5.41) is 13.2. The molecule has 9 heteroatoms. The highest BCUT2D eigenvalue weighted by molar-refractivity contribution is 5.99. The standard InChI is InChI=1S/C16H22F2N6O/c1-10-8-24(11-6-4-3-5-7-11)22-15(10)20-16(25)19-12-9-23(2)21-13(12)14(17)18/h8-9,11,14H,3-7H2,1-2H3,(H2,19,20,22,25). The first-order chi connectivity index (χ1) is 11.9. The topological polar surface area (TPSA) is 76.8 Å². The molecule has 2 amide bonds. The van der Waals surface area contributed by atoms with Crippen LogP contribution >= 0.6 is 0 Å². The number of hydrogen-bond donors (Lipinski definition) is 2. The van der Waals surface area contributed by atoms with E-state index in [9.17, 15) is 13.6 Å². The SMILES string of the molecule is Cc1cn(C2CCCCC2)nc1NC(=O)Nc1cn(C)nc1C(F)F. The van der Waals surface area contributed by atoms with Gasteiger partial charge >= 0.3 is 6.03 Å². The number of halogens is 2. The van der Waals surface area contributed by atoms with Crippen LogP contribution in [0.1, 0.15) is 55.8 Å². The molecule has 2 aromatic rings. The second kappa shape index (κ2) is 7.20. The van der Waals surface area contributed by atoms with Gasteiger partial charge in [-0.05, 0) is 19.8 Å². The third-order valence-electron chi connectivity index (χ3n) is 4.41. The quantitative estimate of drug-likeness (QED) is 0.873. The van der Waals surface area contributed by atoms with Gasteiger partial charge in [-0.3, -0.25) is 14.7 Å². The van der Waals surface area contributed by atoms with E-state index < -0.39 is 18.2 Å². The molecule has 3 rings (SSSR count). The minimum Gasteiger partial charge on any atom is -0.304 e. The van der Waals surface area contributed by atoms with Crippen LogP contribution in [0.15, 0.2) is 12.4 Å². The molecule has 2 heterocycles. The van der Waals surface area contributed by atoms with Crippen molar-refractivity contribution in [3.8, 4) is 0 Å². The van der Waals surface area contributed by atoms with Gasteiger partial charge in [0, 0.05) is 25.0 Å². The number of aryl methyl sites for hydroxylation is 2. The molecular weight excluding hydrogens is 330 g/mol. The molecule has 0 saturated heterocycles. The lowest BCUT2D eigenvalue weighted by Crippen LogP contribution is -2.21. The summed E-state index contributed by atoms with van der Waals surface area (Å²) in [6.07, 6.45) is 6.29. The molecule has 0 aliphatic heterocycles. The zero-order valence-corrected chi connectivity index (χ0v) is 14.3. The summed E-state index contributed by atoms with van der Waals surface area (Å²) in [6, 6.07) is -0.262. The molecule has 2 aromatic heterocycles. The van der Waals surface area contributed by atoms with Crippen molar-refractivity contribution >= 4 is 17.5 Å². The van der Waals surface area contributed by atoms with Crippen molar-refractivity contribution in [3.05, 3.63) is 23.7 Å². The molecule has 1 aliphatic carbocycles. The van der Waals surface area contributed by atoms with Crippen molar-refractivity contribution < 1.29 is 13.6 Å². The Balaban J connectivity index is 1.68. The Labute approximate surface area is 144 Å². The number of aromatic nitrogens is 4. The van der Waals surface area contributed by atoms with Crippen LogP contribution in [0.25, 0.3) is 0 Å². The third-order valence-corrected chi connectivity index (χ3v) is 4.41. The first-order valence-electron chi connectivity index (χ1n) is 8.39. The number of nitrogens with one attached hydrogen (secondary N) is 2. The minimum absolute atomic E-state index is 0.0145. The van der Waals surface area contributed by atoms with Crippen LogP contribution < -0.4 is 10.6 Å². The van der Waals surface area contributed by atoms with Crippen LogP contribution in [0, 0.1) is 6.92 Å². The maximum atomic E-state index is 12.9. The van der Waals surface area contributed by atoms with Gasteiger partial charge in [-0.25, -0.2) is 13.6 Å². The fourth-order valence-corrected chi connectivity index (χ4v) is 3.16. The molecule has 1 saturated carbocycles. The zero-order valence-electron chi connectivity index (χ0n) is 14.3. The fourth-order valence-electron chi connectivity index (χ4n) is 3.16. The predicted molar refractivity (Wildman–Crippen MR) is 89.9 cm³/mol. The molecule has 136 valence electrons. The van der Waals surface area contributed by atoms with Crippen LogP contribution in [-0.4, -0.2) is 25.6 Å². The number of anilines is 2. The molecule has 0 bridgehead atoms. The van der Waals surface area contributed by atoms with Gasteiger partial charge < -0.3 is 5.32 Å². The Kier molecular flexibility index (Phi) is 5.00. The van der Waals surface area contributed by atoms with E-state index in [1.165, 1.54) is 37.2 Å². The maximum absolute atomic E-state index is 12.9. The highest BCUT2D eigenvalue weighted by Gasteiger charge is 2.21. The summed E-state index contributed by atoms with van der Waals surface area (Å²) in [5.74, 6) is 0.436. The summed E-state index contributed by atoms with van der Waals surface area (Å²) in [7, 11) is 1.52. The maximum Gasteiger partial charge on any atom is 0.325 e. The van der Waals surface area contributed by atoms with Crippen molar-refractivity contribution in [2.75, 3.05) is 10.6 Å². The molecule has 0 unspecified atom stereocenters. The first kappa shape index (κ1) is 17.4. The Morgan fingerprint density at radius 1 is 1.20 bits per heavy atom. The average molecular weight is 352 g/mol. The summed E-state index contributed by atoms with van der Waals surface area (Å²) < 4.78 is 29.0. The molecule has 0 atom stereocenters. The van der Waals surface area contributed by atoms with Gasteiger partial charge in [0.05, 0.1) is 11.7 Å². The van der Waals surface area contributed by atoms with Crippen molar-refractivity contribution in [1.29, 1.82) is 0 Å². The van der Waals surface area contributed by atoms with Crippen LogP contribution in [0.2, 0.25) is 0 Å². The average Bonchev–Trinajstić information content (AvgIpc) is 3.11. The van der Waals surface area contributed by atoms with Crippen LogP contribution in [0.4, 0.5) is 25.1 Å². The number of amides is 2. The molecule has 0 aromatic carbocycles. The minimum atomic E-state index is -2.76. The lowest BCUT2D eigenvalue weighted by molar-refractivity contribution is 0.146. The Bertz CT molecular complexity index is 748. The van der Waals surface area contributed by atoms with E-state index in [1.54, 1.807) is 0 Å². The van der Waals surface area contributed by atoms with Crippen molar-refractivity contribution in [2.45, 2.75) is 51.5 Å². The lowest BCUT2D eigenvalue weighted by atomic mass is 9.96. The molecule has 1 aliphatic rings. The Hall–Kier alpha value is -2.45. The Morgan fingerprint density at radius 2 is 1.92 bits per heavy atom. The number of alkyl halides is 2. The second-order valence-corrected chi connectivity index (χ2v) is 6.41. The van der Waals surface area contributed by atoms with E-state index in [1.807, 2.05) is 17.8 Å². The van der Waals surface area contributed by atoms with Gasteiger partial charge in [-0.1, -0.05) is 19.3 Å². The second-order valence-electron chi connectivity index (χ2n) is 6.41. The lowest BCUT2D eigenvalue weighted by Gasteiger charge is -2.21. The number of urea groups is 1. The van der Waals surface area contributed by atoms with Gasteiger partial charge in [0.1, 0.15) is 0 Å². The van der Waals surface area contributed by atoms with Crippen molar-refractivity contribution in [1.82, 2.24) is 19.6 Å². The van der Waals surface area contributed by atoms with Gasteiger partial charge in [0.25, 0.3) is 6.43 Å². The van der Waals surface area contributed by atoms with E-state index in [-0.39, 0.29) is 5.69 Å². The molecule has 7 nitrogen and oxygen atoms in total. The van der Waals surface area contributed by atoms with Gasteiger partial charge in [-0.2, -0.15) is 10.2 Å². The molecule has 1 fully saturated rings. The summed E-state index contributed by atoms with van der Waals surface area (Å²) in [6.45, 7) is 1.86. The normalized spacial score (nSPS) is 15.6. The zero-order chi connectivity index (χ0) is 18.0. The highest BCUT2D eigenvalue weighted by atomic mass is 19.3. The van der Waals surface area contributed by atoms with Crippen molar-refractivity contribution in [3.63, 3.8) is 0 Å². The van der Waals surface area contributed by atoms with E-state index >= 15 is 0 Å². The van der Waals surface area contributed by atoms with E-state index in [0.29, 0.717) is 11.9 Å². The van der Waals surface area contributed by atoms with E-state index in [4.69, 9.17) is 0 Å². The van der Waals surface area contributed by atoms with Gasteiger partial charge in [-0.15, -0.1) is 0 Å². The summed E-state index contributed by atoms with van der Waals surface area (Å²) >= 11 is 0. The smallest absolute Gasteiger partial charge is 0.304 e. The van der Waals surface area contributed by atoms with Crippen LogP contribution in [0.3, 0.4) is 0 Å². The number of carbonyl (C=O) groups is 1. The van der Waals surface area contributed by atoms with E-state index in [0.717, 1.165) is 18.4 Å². The number of hydrogen-bond acceptors (Lipinski definition) is 3. The first-order valence-corrected chi connectivity index (χ1v) is 8.39. The summed E-state index contributed by atoms with van der Waals surface area (Å²) in [4.78, 5) is 12.2. The number of nitrogens with zero attached hydrogens (tertiary/aromatic N) is 4. The van der Waals surface area contributed by atoms with Crippen LogP contribution in [0.5, 0.6) is 0 Å².